The number of rotatable bonds is 4. The molecule has 0 aliphatic heterocycles. The lowest BCUT2D eigenvalue weighted by atomic mass is 10.0. The van der Waals surface area contributed by atoms with Crippen molar-refractivity contribution in [2.75, 3.05) is 7.11 Å². The molecular formula is C20H22O3. The summed E-state index contributed by atoms with van der Waals surface area (Å²) in [5.74, 6) is 0.456. The summed E-state index contributed by atoms with van der Waals surface area (Å²) in [4.78, 5) is 12.0. The van der Waals surface area contributed by atoms with Gasteiger partial charge in [-0.15, -0.1) is 0 Å². The second-order valence-electron chi connectivity index (χ2n) is 6.24. The predicted octanol–water partition coefficient (Wildman–Crippen LogP) is 4.96. The first-order chi connectivity index (χ1) is 10.8. The molecule has 3 heteroatoms. The first-order valence-corrected chi connectivity index (χ1v) is 7.48. The molecule has 2 aromatic rings. The quantitative estimate of drug-likeness (QED) is 0.749. The molecule has 0 aliphatic carbocycles. The number of carbonyl (C=O) groups is 1. The summed E-state index contributed by atoms with van der Waals surface area (Å²) >= 11 is 0. The van der Waals surface area contributed by atoms with E-state index >= 15 is 0 Å². The van der Waals surface area contributed by atoms with Gasteiger partial charge < -0.3 is 9.47 Å². The van der Waals surface area contributed by atoms with Crippen LogP contribution in [-0.2, 0) is 4.74 Å². The molecule has 0 spiro atoms. The first-order valence-electron chi connectivity index (χ1n) is 7.48. The fraction of sp³-hybridized carbons (Fsp3) is 0.250. The highest BCUT2D eigenvalue weighted by atomic mass is 16.6. The van der Waals surface area contributed by atoms with Crippen LogP contribution in [0.25, 0.3) is 17.2 Å². The van der Waals surface area contributed by atoms with Crippen molar-refractivity contribution in [2.45, 2.75) is 26.4 Å². The van der Waals surface area contributed by atoms with Crippen molar-refractivity contribution in [3.63, 3.8) is 0 Å². The van der Waals surface area contributed by atoms with Crippen molar-refractivity contribution in [2.24, 2.45) is 0 Å². The van der Waals surface area contributed by atoms with E-state index in [1.54, 1.807) is 25.3 Å². The summed E-state index contributed by atoms with van der Waals surface area (Å²) < 4.78 is 10.7. The molecule has 0 amide bonds. The van der Waals surface area contributed by atoms with Crippen LogP contribution in [0.1, 0.15) is 36.7 Å². The van der Waals surface area contributed by atoms with Crippen LogP contribution in [-0.4, -0.2) is 18.7 Å². The van der Waals surface area contributed by atoms with Crippen molar-refractivity contribution in [3.8, 4) is 16.9 Å². The maximum absolute atomic E-state index is 12.0. The predicted molar refractivity (Wildman–Crippen MR) is 93.7 cm³/mol. The van der Waals surface area contributed by atoms with Crippen LogP contribution in [0.15, 0.2) is 49.0 Å². The van der Waals surface area contributed by atoms with E-state index in [2.05, 4.69) is 6.58 Å². The van der Waals surface area contributed by atoms with Crippen LogP contribution in [0.4, 0.5) is 0 Å². The standard InChI is InChI=1S/C20H22O3/c1-6-14-7-12-17(13-18(14)22-5)15-8-10-16(11-9-15)19(21)23-20(2,3)4/h6-13H,1H2,2-5H3. The lowest BCUT2D eigenvalue weighted by Gasteiger charge is -2.19. The molecule has 2 aromatic carbocycles. The van der Waals surface area contributed by atoms with Crippen LogP contribution < -0.4 is 4.74 Å². The largest absolute Gasteiger partial charge is 0.496 e. The maximum atomic E-state index is 12.0. The van der Waals surface area contributed by atoms with Gasteiger partial charge in [0.05, 0.1) is 12.7 Å². The van der Waals surface area contributed by atoms with Gasteiger partial charge in [0.25, 0.3) is 0 Å². The van der Waals surface area contributed by atoms with E-state index in [9.17, 15) is 4.79 Å². The molecule has 0 aromatic heterocycles. The Balaban J connectivity index is 2.26. The van der Waals surface area contributed by atoms with Crippen LogP contribution in [0.2, 0.25) is 0 Å². The van der Waals surface area contributed by atoms with Crippen molar-refractivity contribution >= 4 is 12.0 Å². The summed E-state index contributed by atoms with van der Waals surface area (Å²) in [6, 6.07) is 13.3. The highest BCUT2D eigenvalue weighted by Gasteiger charge is 2.17. The van der Waals surface area contributed by atoms with Crippen LogP contribution in [0, 0.1) is 0 Å². The molecular weight excluding hydrogens is 288 g/mol. The molecule has 3 nitrogen and oxygen atoms in total. The molecule has 0 heterocycles. The normalized spacial score (nSPS) is 11.0. The summed E-state index contributed by atoms with van der Waals surface area (Å²) in [6.45, 7) is 9.33. The monoisotopic (exact) mass is 310 g/mol. The van der Waals surface area contributed by atoms with Gasteiger partial charge in [-0.1, -0.05) is 36.9 Å². The van der Waals surface area contributed by atoms with Gasteiger partial charge in [0.2, 0.25) is 0 Å². The number of ether oxygens (including phenoxy) is 2. The summed E-state index contributed by atoms with van der Waals surface area (Å²) in [6.07, 6.45) is 1.76. The Labute approximate surface area is 137 Å². The lowest BCUT2D eigenvalue weighted by molar-refractivity contribution is 0.00696. The Morgan fingerprint density at radius 1 is 1.04 bits per heavy atom. The number of esters is 1. The van der Waals surface area contributed by atoms with E-state index in [4.69, 9.17) is 9.47 Å². The van der Waals surface area contributed by atoms with Crippen molar-refractivity contribution in [1.82, 2.24) is 0 Å². The van der Waals surface area contributed by atoms with E-state index in [1.807, 2.05) is 51.1 Å². The van der Waals surface area contributed by atoms with Gasteiger partial charge in [-0.2, -0.15) is 0 Å². The topological polar surface area (TPSA) is 35.5 Å². The molecule has 0 N–H and O–H groups in total. The molecule has 0 radical (unpaired) electrons. The molecule has 0 bridgehead atoms. The Morgan fingerprint density at radius 2 is 1.65 bits per heavy atom. The van der Waals surface area contributed by atoms with Gasteiger partial charge in [0.15, 0.2) is 0 Å². The second kappa shape index (κ2) is 6.69. The van der Waals surface area contributed by atoms with Gasteiger partial charge in [-0.25, -0.2) is 4.79 Å². The highest BCUT2D eigenvalue weighted by Crippen LogP contribution is 2.28. The zero-order chi connectivity index (χ0) is 17.0. The van der Waals surface area contributed by atoms with Gasteiger partial charge in [-0.3, -0.25) is 0 Å². The SMILES string of the molecule is C=Cc1ccc(-c2ccc(C(=O)OC(C)(C)C)cc2)cc1OC. The van der Waals surface area contributed by atoms with Crippen molar-refractivity contribution in [1.29, 1.82) is 0 Å². The minimum atomic E-state index is -0.496. The van der Waals surface area contributed by atoms with Crippen molar-refractivity contribution in [3.05, 3.63) is 60.2 Å². The Kier molecular flexibility index (Phi) is 4.89. The number of benzene rings is 2. The van der Waals surface area contributed by atoms with E-state index in [0.717, 1.165) is 22.4 Å². The number of hydrogen-bond donors (Lipinski definition) is 0. The van der Waals surface area contributed by atoms with E-state index in [1.165, 1.54) is 0 Å². The van der Waals surface area contributed by atoms with Crippen molar-refractivity contribution < 1.29 is 14.3 Å². The smallest absolute Gasteiger partial charge is 0.338 e. The van der Waals surface area contributed by atoms with Gasteiger partial charge in [-0.05, 0) is 50.1 Å². The molecule has 0 unspecified atom stereocenters. The van der Waals surface area contributed by atoms with E-state index < -0.39 is 5.60 Å². The van der Waals surface area contributed by atoms with Gasteiger partial charge in [0.1, 0.15) is 11.4 Å². The average molecular weight is 310 g/mol. The van der Waals surface area contributed by atoms with Gasteiger partial charge >= 0.3 is 5.97 Å². The summed E-state index contributed by atoms with van der Waals surface area (Å²) in [5, 5.41) is 0. The third kappa shape index (κ3) is 4.22. The molecule has 0 aliphatic rings. The molecule has 0 fully saturated rings. The number of methoxy groups -OCH3 is 1. The van der Waals surface area contributed by atoms with E-state index in [-0.39, 0.29) is 5.97 Å². The van der Waals surface area contributed by atoms with Crippen LogP contribution >= 0.6 is 0 Å². The minimum absolute atomic E-state index is 0.316. The molecule has 23 heavy (non-hydrogen) atoms. The van der Waals surface area contributed by atoms with Crippen LogP contribution in [0.3, 0.4) is 0 Å². The third-order valence-electron chi connectivity index (χ3n) is 3.31. The highest BCUT2D eigenvalue weighted by molar-refractivity contribution is 5.90. The molecule has 0 saturated carbocycles. The number of carbonyl (C=O) groups excluding carboxylic acids is 1. The van der Waals surface area contributed by atoms with Gasteiger partial charge in [0, 0.05) is 5.56 Å². The average Bonchev–Trinajstić information content (AvgIpc) is 2.52. The minimum Gasteiger partial charge on any atom is -0.496 e. The maximum Gasteiger partial charge on any atom is 0.338 e. The van der Waals surface area contributed by atoms with E-state index in [0.29, 0.717) is 5.56 Å². The molecule has 2 rings (SSSR count). The summed E-state index contributed by atoms with van der Waals surface area (Å²) in [5.41, 5.74) is 3.01. The zero-order valence-corrected chi connectivity index (χ0v) is 14.1. The molecule has 0 atom stereocenters. The second-order valence-corrected chi connectivity index (χ2v) is 6.24. The molecule has 0 saturated heterocycles. The fourth-order valence-corrected chi connectivity index (χ4v) is 2.20. The fourth-order valence-electron chi connectivity index (χ4n) is 2.20. The Bertz CT molecular complexity index is 707. The molecule has 120 valence electrons. The first kappa shape index (κ1) is 16.8. The number of hydrogen-bond acceptors (Lipinski definition) is 3. The Morgan fingerprint density at radius 3 is 2.17 bits per heavy atom. The summed E-state index contributed by atoms with van der Waals surface area (Å²) in [7, 11) is 1.64. The Hall–Kier alpha value is -2.55. The van der Waals surface area contributed by atoms with Crippen LogP contribution in [0.5, 0.6) is 5.75 Å². The third-order valence-corrected chi connectivity index (χ3v) is 3.31. The lowest BCUT2D eigenvalue weighted by Crippen LogP contribution is -2.23. The zero-order valence-electron chi connectivity index (χ0n) is 14.1.